The van der Waals surface area contributed by atoms with Crippen molar-refractivity contribution in [3.8, 4) is 0 Å². The normalized spacial score (nSPS) is 11.3. The van der Waals surface area contributed by atoms with Gasteiger partial charge in [-0.15, -0.1) is 0 Å². The molecule has 0 aliphatic carbocycles. The smallest absolute Gasteiger partial charge is 0.217 e. The number of carbonyl (C=O) groups is 1. The Morgan fingerprint density at radius 2 is 0.957 bits per heavy atom. The van der Waals surface area contributed by atoms with Crippen LogP contribution in [-0.2, 0) is 4.79 Å². The molecule has 0 rings (SSSR count). The number of primary amides is 1. The summed E-state index contributed by atoms with van der Waals surface area (Å²) in [5.74, 6) is 0.609. The first-order valence-electron chi connectivity index (χ1n) is 8.99. The van der Waals surface area contributed by atoms with Crippen LogP contribution in [-0.4, -0.2) is 5.91 Å². The largest absolute Gasteiger partial charge is 0.370 e. The lowest BCUT2D eigenvalue weighted by molar-refractivity contribution is -0.119. The van der Waals surface area contributed by atoms with Crippen molar-refractivity contribution in [3.05, 3.63) is 0 Å². The van der Waals surface area contributed by atoms with Gasteiger partial charge in [0.25, 0.3) is 0 Å². The minimum Gasteiger partial charge on any atom is -0.370 e. The summed E-state index contributed by atoms with van der Waals surface area (Å²) in [4.78, 5) is 10.2. The topological polar surface area (TPSA) is 43.1 Å². The zero-order chi connectivity index (χ0) is 20.1. The standard InChI is InChI=1S/C6H13NO.C6H14.C5H12.C4H10/c1-6(2,3)4-5(7)8;1-5-6(2,3)4;1-5(2,3)4;1-4(2)3/h4H2,1-3H3,(H2,7,8);5H2,1-4H3;1-4H3;4H,1-3H3. The van der Waals surface area contributed by atoms with Crippen LogP contribution in [0.3, 0.4) is 0 Å². The van der Waals surface area contributed by atoms with Gasteiger partial charge in [-0.25, -0.2) is 0 Å². The van der Waals surface area contributed by atoms with Crippen LogP contribution in [0.2, 0.25) is 0 Å². The minimum atomic E-state index is -0.225. The van der Waals surface area contributed by atoms with Crippen molar-refractivity contribution in [2.45, 2.75) is 110 Å². The highest BCUT2D eigenvalue weighted by Crippen LogP contribution is 2.17. The van der Waals surface area contributed by atoms with E-state index in [1.54, 1.807) is 0 Å². The Hall–Kier alpha value is -0.530. The van der Waals surface area contributed by atoms with E-state index in [2.05, 4.69) is 76.2 Å². The zero-order valence-corrected chi connectivity index (χ0v) is 19.0. The van der Waals surface area contributed by atoms with Crippen molar-refractivity contribution >= 4 is 5.91 Å². The number of rotatable bonds is 1. The predicted octanol–water partition coefficient (Wildman–Crippen LogP) is 7.07. The van der Waals surface area contributed by atoms with Crippen LogP contribution in [0.25, 0.3) is 0 Å². The lowest BCUT2D eigenvalue weighted by Crippen LogP contribution is -2.19. The molecule has 0 bridgehead atoms. The highest BCUT2D eigenvalue weighted by atomic mass is 16.1. The predicted molar refractivity (Wildman–Crippen MR) is 109 cm³/mol. The van der Waals surface area contributed by atoms with E-state index in [0.29, 0.717) is 17.3 Å². The Kier molecular flexibility index (Phi) is 18.3. The molecule has 0 aliphatic rings. The second-order valence-electron chi connectivity index (χ2n) is 10.9. The maximum absolute atomic E-state index is 10.2. The van der Waals surface area contributed by atoms with E-state index in [0.717, 1.165) is 5.92 Å². The maximum Gasteiger partial charge on any atom is 0.217 e. The van der Waals surface area contributed by atoms with Gasteiger partial charge in [0.15, 0.2) is 0 Å². The molecule has 0 unspecified atom stereocenters. The fourth-order valence-corrected chi connectivity index (χ4v) is 0.523. The first-order valence-corrected chi connectivity index (χ1v) is 8.99. The quantitative estimate of drug-likeness (QED) is 0.548. The van der Waals surface area contributed by atoms with Gasteiger partial charge in [0.1, 0.15) is 0 Å². The molecule has 0 aliphatic heterocycles. The number of hydrogen-bond acceptors (Lipinski definition) is 1. The molecule has 0 heterocycles. The molecule has 0 aromatic carbocycles. The van der Waals surface area contributed by atoms with Crippen LogP contribution in [0, 0.1) is 22.2 Å². The highest BCUT2D eigenvalue weighted by molar-refractivity contribution is 5.74. The maximum atomic E-state index is 10.2. The molecule has 0 aromatic heterocycles. The average Bonchev–Trinajstić information content (AvgIpc) is 2.08. The van der Waals surface area contributed by atoms with E-state index in [-0.39, 0.29) is 11.3 Å². The molecule has 23 heavy (non-hydrogen) atoms. The van der Waals surface area contributed by atoms with Crippen molar-refractivity contribution in [1.82, 2.24) is 0 Å². The molecule has 0 atom stereocenters. The molecule has 1 amide bonds. The van der Waals surface area contributed by atoms with E-state index >= 15 is 0 Å². The summed E-state index contributed by atoms with van der Waals surface area (Å²) in [5.41, 5.74) is 6.03. The fourth-order valence-electron chi connectivity index (χ4n) is 0.523. The molecule has 0 radical (unpaired) electrons. The zero-order valence-electron chi connectivity index (χ0n) is 19.0. The Labute approximate surface area is 149 Å². The SMILES string of the molecule is CC(C)(C)C.CC(C)(C)CC(N)=O.CC(C)C.CCC(C)(C)C. The first-order chi connectivity index (χ1) is 9.71. The van der Waals surface area contributed by atoms with Gasteiger partial charge in [-0.2, -0.15) is 0 Å². The van der Waals surface area contributed by atoms with E-state index in [9.17, 15) is 4.79 Å². The monoisotopic (exact) mass is 331 g/mol. The molecule has 2 N–H and O–H groups in total. The summed E-state index contributed by atoms with van der Waals surface area (Å²) in [7, 11) is 0. The highest BCUT2D eigenvalue weighted by Gasteiger charge is 2.12. The third-order valence-corrected chi connectivity index (χ3v) is 1.77. The van der Waals surface area contributed by atoms with E-state index in [1.165, 1.54) is 6.42 Å². The van der Waals surface area contributed by atoms with Crippen LogP contribution in [0.5, 0.6) is 0 Å². The summed E-state index contributed by atoms with van der Waals surface area (Å²) < 4.78 is 0. The number of amides is 1. The van der Waals surface area contributed by atoms with Crippen LogP contribution < -0.4 is 5.73 Å². The minimum absolute atomic E-state index is 0.0475. The summed E-state index contributed by atoms with van der Waals surface area (Å²) in [6, 6.07) is 0. The Bertz CT molecular complexity index is 250. The molecule has 0 saturated carbocycles. The fraction of sp³-hybridized carbons (Fsp3) is 0.952. The molecular weight excluding hydrogens is 282 g/mol. The van der Waals surface area contributed by atoms with Crippen molar-refractivity contribution in [2.24, 2.45) is 27.9 Å². The molecule has 2 nitrogen and oxygen atoms in total. The average molecular weight is 332 g/mol. The van der Waals surface area contributed by atoms with Crippen LogP contribution in [0.4, 0.5) is 0 Å². The van der Waals surface area contributed by atoms with Gasteiger partial charge in [0.2, 0.25) is 5.91 Å². The second-order valence-corrected chi connectivity index (χ2v) is 10.9. The summed E-state index contributed by atoms with van der Waals surface area (Å²) in [6.07, 6.45) is 1.74. The molecule has 0 aromatic rings. The Morgan fingerprint density at radius 3 is 0.957 bits per heavy atom. The molecule has 2 heteroatoms. The third kappa shape index (κ3) is 146. The summed E-state index contributed by atoms with van der Waals surface area (Å²) in [5, 5.41) is 0. The number of carbonyl (C=O) groups excluding carboxylic acids is 1. The van der Waals surface area contributed by atoms with Crippen molar-refractivity contribution in [3.63, 3.8) is 0 Å². The van der Waals surface area contributed by atoms with E-state index in [1.807, 2.05) is 20.8 Å². The van der Waals surface area contributed by atoms with Crippen molar-refractivity contribution in [1.29, 1.82) is 0 Å². The lowest BCUT2D eigenvalue weighted by Gasteiger charge is -2.13. The molecule has 0 saturated heterocycles. The van der Waals surface area contributed by atoms with Gasteiger partial charge in [-0.05, 0) is 22.2 Å². The number of nitrogens with two attached hydrogens (primary N) is 1. The van der Waals surface area contributed by atoms with Crippen LogP contribution in [0.15, 0.2) is 0 Å². The Morgan fingerprint density at radius 1 is 0.783 bits per heavy atom. The molecule has 0 fully saturated rings. The third-order valence-electron chi connectivity index (χ3n) is 1.77. The lowest BCUT2D eigenvalue weighted by atomic mass is 9.92. The number of hydrogen-bond donors (Lipinski definition) is 1. The molecular formula is C21H49NO. The van der Waals surface area contributed by atoms with Crippen molar-refractivity contribution in [2.75, 3.05) is 0 Å². The second kappa shape index (κ2) is 13.9. The van der Waals surface area contributed by atoms with Gasteiger partial charge < -0.3 is 5.73 Å². The van der Waals surface area contributed by atoms with Gasteiger partial charge >= 0.3 is 0 Å². The van der Waals surface area contributed by atoms with Crippen molar-refractivity contribution < 1.29 is 4.79 Å². The summed E-state index contributed by atoms with van der Waals surface area (Å²) >= 11 is 0. The van der Waals surface area contributed by atoms with Crippen LogP contribution >= 0.6 is 0 Å². The van der Waals surface area contributed by atoms with Gasteiger partial charge in [0, 0.05) is 6.42 Å². The first kappa shape index (κ1) is 30.4. The van der Waals surface area contributed by atoms with Gasteiger partial charge in [0.05, 0.1) is 0 Å². The van der Waals surface area contributed by atoms with Gasteiger partial charge in [-0.3, -0.25) is 4.79 Å². The molecule has 0 spiro atoms. The van der Waals surface area contributed by atoms with Crippen LogP contribution in [0.1, 0.15) is 110 Å². The van der Waals surface area contributed by atoms with E-state index < -0.39 is 0 Å². The summed E-state index contributed by atoms with van der Waals surface area (Å²) in [6.45, 7) is 30.1. The molecule has 144 valence electrons. The van der Waals surface area contributed by atoms with Gasteiger partial charge in [-0.1, -0.05) is 103 Å². The Balaban J connectivity index is -0.000000108. The van der Waals surface area contributed by atoms with E-state index in [4.69, 9.17) is 5.73 Å².